The molecule has 5 rings (SSSR count). The number of likely N-dealkylation sites (N-methyl/N-ethyl adjacent to an activating group) is 2. The maximum Gasteiger partial charge on any atom is 0.254 e. The molecular weight excluding hydrogens is 447 g/mol. The van der Waals surface area contributed by atoms with Gasteiger partial charge < -0.3 is 4.90 Å². The van der Waals surface area contributed by atoms with Gasteiger partial charge in [-0.25, -0.2) is 4.39 Å². The molecule has 4 heterocycles. The Morgan fingerprint density at radius 3 is 2.78 bits per heavy atom. The first-order valence-corrected chi connectivity index (χ1v) is 11.4. The lowest BCUT2D eigenvalue weighted by atomic mass is 9.72. The quantitative estimate of drug-likeness (QED) is 0.510. The number of thiocarbonyl (C=S) groups is 1. The van der Waals surface area contributed by atoms with Gasteiger partial charge >= 0.3 is 0 Å². The maximum atomic E-state index is 14.5. The molecule has 3 atom stereocenters. The third-order valence-corrected chi connectivity index (χ3v) is 8.75. The van der Waals surface area contributed by atoms with Crippen LogP contribution in [0.2, 0.25) is 0 Å². The van der Waals surface area contributed by atoms with E-state index in [-0.39, 0.29) is 18.4 Å². The number of halogens is 1. The normalized spacial score (nSPS) is 29.6. The highest BCUT2D eigenvalue weighted by Crippen LogP contribution is 2.66. The van der Waals surface area contributed by atoms with Crippen LogP contribution in [0.1, 0.15) is 17.0 Å². The average molecular weight is 469 g/mol. The summed E-state index contributed by atoms with van der Waals surface area (Å²) in [6, 6.07) is 8.04. The highest BCUT2D eigenvalue weighted by atomic mass is 32.2. The predicted molar refractivity (Wildman–Crippen MR) is 126 cm³/mol. The van der Waals surface area contributed by atoms with E-state index in [0.29, 0.717) is 22.1 Å². The zero-order valence-electron chi connectivity index (χ0n) is 17.6. The first-order chi connectivity index (χ1) is 15.3. The van der Waals surface area contributed by atoms with Crippen LogP contribution in [0.5, 0.6) is 0 Å². The molecule has 0 aliphatic carbocycles. The van der Waals surface area contributed by atoms with Crippen molar-refractivity contribution < 1.29 is 14.0 Å². The molecule has 32 heavy (non-hydrogen) atoms. The first kappa shape index (κ1) is 21.2. The number of likely N-dealkylation sites (tertiary alicyclic amines) is 1. The van der Waals surface area contributed by atoms with Gasteiger partial charge in [0.1, 0.15) is 14.9 Å². The summed E-state index contributed by atoms with van der Waals surface area (Å²) in [6.45, 7) is 4.41. The summed E-state index contributed by atoms with van der Waals surface area (Å²) in [6.07, 6.45) is 5.01. The number of hydrogen-bond donors (Lipinski definition) is 0. The highest BCUT2D eigenvalue weighted by molar-refractivity contribution is 8.25. The molecule has 9 heteroatoms. The van der Waals surface area contributed by atoms with E-state index in [9.17, 15) is 14.0 Å². The Labute approximate surface area is 195 Å². The molecule has 0 saturated carbocycles. The summed E-state index contributed by atoms with van der Waals surface area (Å²) in [5.74, 6) is -1.38. The summed E-state index contributed by atoms with van der Waals surface area (Å²) >= 11 is 6.86. The second kappa shape index (κ2) is 7.19. The molecule has 2 aromatic rings. The van der Waals surface area contributed by atoms with Crippen LogP contribution in [0.4, 0.5) is 10.1 Å². The van der Waals surface area contributed by atoms with Gasteiger partial charge in [0.2, 0.25) is 5.91 Å². The van der Waals surface area contributed by atoms with Gasteiger partial charge in [-0.15, -0.1) is 6.58 Å². The fraction of sp³-hybridized carbons (Fsp3) is 0.304. The Bertz CT molecular complexity index is 1180. The topological polar surface area (TPSA) is 56.8 Å². The SMILES string of the molecule is C=CCN1C(=O)[C@]2(SC1=S)[C@@H](c1cccnc1)CN(C)[C@]21C(=O)N(C)c2ccc(F)cc21. The van der Waals surface area contributed by atoms with Crippen LogP contribution >= 0.6 is 24.0 Å². The van der Waals surface area contributed by atoms with Gasteiger partial charge in [-0.1, -0.05) is 36.1 Å². The molecule has 3 aliphatic rings. The monoisotopic (exact) mass is 468 g/mol. The number of thioether (sulfide) groups is 1. The minimum Gasteiger partial charge on any atom is -0.313 e. The third kappa shape index (κ3) is 2.39. The summed E-state index contributed by atoms with van der Waals surface area (Å²) < 4.78 is 13.6. The number of aromatic nitrogens is 1. The molecule has 6 nitrogen and oxygen atoms in total. The molecule has 2 fully saturated rings. The van der Waals surface area contributed by atoms with E-state index in [1.165, 1.54) is 33.7 Å². The second-order valence-corrected chi connectivity index (χ2v) is 10.1. The molecule has 1 aromatic heterocycles. The van der Waals surface area contributed by atoms with Gasteiger partial charge in [0.05, 0.1) is 0 Å². The van der Waals surface area contributed by atoms with Crippen molar-refractivity contribution in [3.8, 4) is 0 Å². The van der Waals surface area contributed by atoms with Crippen LogP contribution < -0.4 is 4.90 Å². The van der Waals surface area contributed by atoms with Gasteiger partial charge in [-0.3, -0.25) is 24.4 Å². The molecule has 1 aromatic carbocycles. The van der Waals surface area contributed by atoms with Crippen molar-refractivity contribution in [2.45, 2.75) is 16.2 Å². The summed E-state index contributed by atoms with van der Waals surface area (Å²) in [4.78, 5) is 37.5. The number of rotatable bonds is 3. The number of carbonyl (C=O) groups excluding carboxylic acids is 2. The van der Waals surface area contributed by atoms with Crippen LogP contribution in [-0.4, -0.2) is 62.9 Å². The van der Waals surface area contributed by atoms with E-state index in [0.717, 1.165) is 5.56 Å². The van der Waals surface area contributed by atoms with Crippen molar-refractivity contribution in [1.29, 1.82) is 0 Å². The lowest BCUT2D eigenvalue weighted by Gasteiger charge is -2.42. The lowest BCUT2D eigenvalue weighted by Crippen LogP contribution is -2.62. The largest absolute Gasteiger partial charge is 0.313 e. The van der Waals surface area contributed by atoms with Crippen LogP contribution in [0.25, 0.3) is 0 Å². The number of benzene rings is 1. The molecular formula is C23H21FN4O2S2. The average Bonchev–Trinajstić information content (AvgIpc) is 3.28. The number of anilines is 1. The first-order valence-electron chi connectivity index (χ1n) is 10.2. The zero-order chi connectivity index (χ0) is 22.8. The number of nitrogens with zero attached hydrogens (tertiary/aromatic N) is 4. The van der Waals surface area contributed by atoms with E-state index in [2.05, 4.69) is 11.6 Å². The van der Waals surface area contributed by atoms with Gasteiger partial charge in [-0.2, -0.15) is 0 Å². The van der Waals surface area contributed by atoms with E-state index < -0.39 is 22.0 Å². The van der Waals surface area contributed by atoms with E-state index >= 15 is 0 Å². The van der Waals surface area contributed by atoms with Crippen LogP contribution in [0.3, 0.4) is 0 Å². The molecule has 3 aliphatic heterocycles. The molecule has 0 N–H and O–H groups in total. The fourth-order valence-corrected chi connectivity index (χ4v) is 7.68. The van der Waals surface area contributed by atoms with Gasteiger partial charge in [0.15, 0.2) is 5.54 Å². The molecule has 164 valence electrons. The highest BCUT2D eigenvalue weighted by Gasteiger charge is 2.78. The minimum absolute atomic E-state index is 0.242. The Kier molecular flexibility index (Phi) is 4.77. The number of hydrogen-bond acceptors (Lipinski definition) is 6. The van der Waals surface area contributed by atoms with Gasteiger partial charge in [-0.05, 0) is 36.9 Å². The Morgan fingerprint density at radius 1 is 1.31 bits per heavy atom. The Morgan fingerprint density at radius 2 is 2.09 bits per heavy atom. The van der Waals surface area contributed by atoms with Crippen LogP contribution in [0.15, 0.2) is 55.4 Å². The summed E-state index contributed by atoms with van der Waals surface area (Å²) in [5.41, 5.74) is 0.501. The summed E-state index contributed by atoms with van der Waals surface area (Å²) in [7, 11) is 3.48. The number of amides is 2. The Balaban J connectivity index is 1.85. The van der Waals surface area contributed by atoms with Gasteiger partial charge in [0, 0.05) is 49.7 Å². The lowest BCUT2D eigenvalue weighted by molar-refractivity contribution is -0.138. The predicted octanol–water partition coefficient (Wildman–Crippen LogP) is 2.91. The zero-order valence-corrected chi connectivity index (χ0v) is 19.3. The molecule has 2 saturated heterocycles. The van der Waals surface area contributed by atoms with Crippen molar-refractivity contribution in [1.82, 2.24) is 14.8 Å². The van der Waals surface area contributed by atoms with E-state index in [4.69, 9.17) is 12.2 Å². The molecule has 0 unspecified atom stereocenters. The smallest absolute Gasteiger partial charge is 0.254 e. The van der Waals surface area contributed by atoms with E-state index in [1.54, 1.807) is 31.6 Å². The second-order valence-electron chi connectivity index (χ2n) is 8.26. The van der Waals surface area contributed by atoms with Crippen molar-refractivity contribution in [3.05, 3.63) is 72.3 Å². The third-order valence-electron chi connectivity index (χ3n) is 6.81. The van der Waals surface area contributed by atoms with E-state index in [1.807, 2.05) is 24.1 Å². The maximum absolute atomic E-state index is 14.5. The van der Waals surface area contributed by atoms with Crippen LogP contribution in [0, 0.1) is 5.82 Å². The van der Waals surface area contributed by atoms with Crippen molar-refractivity contribution in [3.63, 3.8) is 0 Å². The molecule has 2 spiro atoms. The van der Waals surface area contributed by atoms with Gasteiger partial charge in [0.25, 0.3) is 5.91 Å². The molecule has 0 radical (unpaired) electrons. The van der Waals surface area contributed by atoms with Crippen LogP contribution in [-0.2, 0) is 15.1 Å². The standard InChI is InChI=1S/C23H21FN4O2S2/c1-4-10-28-20(30)23(32-21(28)31)17(14-6-5-9-25-12-14)13-26(2)22(23)16-11-15(24)7-8-18(16)27(3)19(22)29/h4-9,11-12,17H,1,10,13H2,2-3H3/t17-,22-,23-/m1/s1. The Hall–Kier alpha value is -2.62. The fourth-order valence-electron chi connectivity index (χ4n) is 5.54. The number of pyridine rings is 1. The number of carbonyl (C=O) groups is 2. The van der Waals surface area contributed by atoms with Crippen molar-refractivity contribution >= 4 is 45.8 Å². The molecule has 0 bridgehead atoms. The molecule has 2 amide bonds. The number of fused-ring (bicyclic) bond motifs is 3. The minimum atomic E-state index is -1.42. The summed E-state index contributed by atoms with van der Waals surface area (Å²) in [5, 5.41) is 0. The van der Waals surface area contributed by atoms with Crippen molar-refractivity contribution in [2.75, 3.05) is 32.1 Å². The van der Waals surface area contributed by atoms with Crippen molar-refractivity contribution in [2.24, 2.45) is 0 Å².